The van der Waals surface area contributed by atoms with Crippen LogP contribution in [0.2, 0.25) is 0 Å². The number of ether oxygens (including phenoxy) is 1. The number of nitrogen functional groups attached to an aromatic ring is 1. The van der Waals surface area contributed by atoms with Crippen molar-refractivity contribution in [3.63, 3.8) is 0 Å². The number of hydrogen-bond acceptors (Lipinski definition) is 4. The van der Waals surface area contributed by atoms with Crippen molar-refractivity contribution in [1.82, 2.24) is 10.3 Å². The highest BCUT2D eigenvalue weighted by molar-refractivity contribution is 5.92. The van der Waals surface area contributed by atoms with E-state index in [9.17, 15) is 4.79 Å². The van der Waals surface area contributed by atoms with Crippen molar-refractivity contribution in [2.24, 2.45) is 5.92 Å². The first-order valence-electron chi connectivity index (χ1n) is 5.13. The van der Waals surface area contributed by atoms with Crippen LogP contribution < -0.4 is 11.1 Å². The van der Waals surface area contributed by atoms with Crippen LogP contribution in [0.5, 0.6) is 0 Å². The molecule has 5 nitrogen and oxygen atoms in total. The molecule has 1 amide bonds. The molecule has 0 aromatic carbocycles. The molecule has 16 heavy (non-hydrogen) atoms. The second-order valence-corrected chi connectivity index (χ2v) is 3.72. The number of nitrogens with zero attached hydrogens (tertiary/aromatic N) is 1. The summed E-state index contributed by atoms with van der Waals surface area (Å²) in [7, 11) is 1.64. The van der Waals surface area contributed by atoms with Crippen LogP contribution in [0.3, 0.4) is 0 Å². The molecule has 0 spiro atoms. The summed E-state index contributed by atoms with van der Waals surface area (Å²) in [4.78, 5) is 15.6. The third-order valence-corrected chi connectivity index (χ3v) is 2.07. The number of pyridine rings is 1. The van der Waals surface area contributed by atoms with Gasteiger partial charge in [-0.2, -0.15) is 0 Å². The van der Waals surface area contributed by atoms with Crippen LogP contribution in [0, 0.1) is 5.92 Å². The predicted octanol–water partition coefficient (Wildman–Crippen LogP) is 0.676. The van der Waals surface area contributed by atoms with E-state index in [0.717, 1.165) is 0 Å². The molecule has 0 aliphatic heterocycles. The minimum absolute atomic E-state index is 0.213. The first-order chi connectivity index (χ1) is 7.63. The smallest absolute Gasteiger partial charge is 0.269 e. The Morgan fingerprint density at radius 2 is 2.38 bits per heavy atom. The topological polar surface area (TPSA) is 77.2 Å². The van der Waals surface area contributed by atoms with Gasteiger partial charge in [-0.1, -0.05) is 13.0 Å². The highest BCUT2D eigenvalue weighted by Gasteiger charge is 2.08. The van der Waals surface area contributed by atoms with Crippen LogP contribution >= 0.6 is 0 Å². The molecule has 0 fully saturated rings. The van der Waals surface area contributed by atoms with Gasteiger partial charge in [-0.15, -0.1) is 0 Å². The molecular formula is C11H17N3O2. The van der Waals surface area contributed by atoms with E-state index in [-0.39, 0.29) is 11.8 Å². The second kappa shape index (κ2) is 6.07. The summed E-state index contributed by atoms with van der Waals surface area (Å²) in [6.07, 6.45) is 0. The van der Waals surface area contributed by atoms with Crippen molar-refractivity contribution in [1.29, 1.82) is 0 Å². The minimum atomic E-state index is -0.213. The molecule has 0 saturated heterocycles. The minimum Gasteiger partial charge on any atom is -0.384 e. The Labute approximate surface area is 95.0 Å². The number of methoxy groups -OCH3 is 1. The Kier molecular flexibility index (Phi) is 4.72. The van der Waals surface area contributed by atoms with Gasteiger partial charge in [0.25, 0.3) is 5.91 Å². The molecule has 0 bridgehead atoms. The van der Waals surface area contributed by atoms with Crippen molar-refractivity contribution in [2.75, 3.05) is 26.0 Å². The Bertz CT molecular complexity index is 355. The lowest BCUT2D eigenvalue weighted by atomic mass is 10.2. The van der Waals surface area contributed by atoms with Gasteiger partial charge < -0.3 is 15.8 Å². The van der Waals surface area contributed by atoms with E-state index in [1.807, 2.05) is 6.92 Å². The lowest BCUT2D eigenvalue weighted by Gasteiger charge is -2.11. The number of aromatic nitrogens is 1. The van der Waals surface area contributed by atoms with Gasteiger partial charge in [-0.25, -0.2) is 4.98 Å². The zero-order valence-corrected chi connectivity index (χ0v) is 9.56. The number of nitrogens with one attached hydrogen (secondary N) is 1. The average Bonchev–Trinajstić information content (AvgIpc) is 2.26. The van der Waals surface area contributed by atoms with Gasteiger partial charge in [-0.05, 0) is 18.1 Å². The van der Waals surface area contributed by atoms with Crippen molar-refractivity contribution in [3.05, 3.63) is 23.9 Å². The fourth-order valence-electron chi connectivity index (χ4n) is 1.28. The maximum absolute atomic E-state index is 11.6. The fourth-order valence-corrected chi connectivity index (χ4v) is 1.28. The first kappa shape index (κ1) is 12.4. The molecule has 1 unspecified atom stereocenters. The highest BCUT2D eigenvalue weighted by Crippen LogP contribution is 2.00. The number of nitrogens with two attached hydrogens (primary N) is 1. The summed E-state index contributed by atoms with van der Waals surface area (Å²) in [6, 6.07) is 4.98. The van der Waals surface area contributed by atoms with Gasteiger partial charge in [0.15, 0.2) is 0 Å². The molecule has 1 heterocycles. The maximum Gasteiger partial charge on any atom is 0.269 e. The van der Waals surface area contributed by atoms with Gasteiger partial charge in [0.05, 0.1) is 6.61 Å². The van der Waals surface area contributed by atoms with E-state index < -0.39 is 0 Å². The fraction of sp³-hybridized carbons (Fsp3) is 0.455. The summed E-state index contributed by atoms with van der Waals surface area (Å²) in [5, 5.41) is 2.77. The largest absolute Gasteiger partial charge is 0.384 e. The summed E-state index contributed by atoms with van der Waals surface area (Å²) in [5.74, 6) is 0.405. The quantitative estimate of drug-likeness (QED) is 0.769. The van der Waals surface area contributed by atoms with Crippen LogP contribution in [0.4, 0.5) is 5.82 Å². The molecule has 5 heteroatoms. The normalized spacial score (nSPS) is 12.1. The third kappa shape index (κ3) is 3.86. The number of anilines is 1. The van der Waals surface area contributed by atoms with Crippen LogP contribution in [-0.4, -0.2) is 31.2 Å². The average molecular weight is 223 g/mol. The van der Waals surface area contributed by atoms with Gasteiger partial charge in [-0.3, -0.25) is 4.79 Å². The summed E-state index contributed by atoms with van der Waals surface area (Å²) in [5.41, 5.74) is 5.83. The highest BCUT2D eigenvalue weighted by atomic mass is 16.5. The van der Waals surface area contributed by atoms with Crippen LogP contribution in [0.15, 0.2) is 18.2 Å². The molecule has 1 rings (SSSR count). The predicted molar refractivity (Wildman–Crippen MR) is 62.0 cm³/mol. The Hall–Kier alpha value is -1.62. The zero-order chi connectivity index (χ0) is 12.0. The van der Waals surface area contributed by atoms with E-state index in [1.54, 1.807) is 25.3 Å². The molecule has 0 radical (unpaired) electrons. The van der Waals surface area contributed by atoms with E-state index >= 15 is 0 Å². The van der Waals surface area contributed by atoms with Crippen LogP contribution in [0.1, 0.15) is 17.4 Å². The molecule has 1 aromatic rings. The van der Waals surface area contributed by atoms with Gasteiger partial charge in [0.1, 0.15) is 11.5 Å². The summed E-state index contributed by atoms with van der Waals surface area (Å²) >= 11 is 0. The monoisotopic (exact) mass is 223 g/mol. The Balaban J connectivity index is 2.47. The first-order valence-corrected chi connectivity index (χ1v) is 5.13. The van der Waals surface area contributed by atoms with Crippen molar-refractivity contribution < 1.29 is 9.53 Å². The van der Waals surface area contributed by atoms with Crippen molar-refractivity contribution in [3.8, 4) is 0 Å². The standard InChI is InChI=1S/C11H17N3O2/c1-8(7-16-2)6-13-11(15)9-4-3-5-10(12)14-9/h3-5,8H,6-7H2,1-2H3,(H2,12,14)(H,13,15). The van der Waals surface area contributed by atoms with E-state index in [1.165, 1.54) is 0 Å². The molecule has 1 aromatic heterocycles. The van der Waals surface area contributed by atoms with E-state index in [0.29, 0.717) is 24.7 Å². The Morgan fingerprint density at radius 3 is 3.00 bits per heavy atom. The molecule has 0 aliphatic carbocycles. The molecular weight excluding hydrogens is 206 g/mol. The maximum atomic E-state index is 11.6. The number of rotatable bonds is 5. The third-order valence-electron chi connectivity index (χ3n) is 2.07. The van der Waals surface area contributed by atoms with E-state index in [4.69, 9.17) is 10.5 Å². The lowest BCUT2D eigenvalue weighted by molar-refractivity contribution is 0.0929. The number of amides is 1. The van der Waals surface area contributed by atoms with Gasteiger partial charge in [0.2, 0.25) is 0 Å². The van der Waals surface area contributed by atoms with Crippen molar-refractivity contribution >= 4 is 11.7 Å². The van der Waals surface area contributed by atoms with E-state index in [2.05, 4.69) is 10.3 Å². The summed E-state index contributed by atoms with van der Waals surface area (Å²) < 4.78 is 4.97. The zero-order valence-electron chi connectivity index (χ0n) is 9.56. The molecule has 0 aliphatic rings. The molecule has 1 atom stereocenters. The molecule has 3 N–H and O–H groups in total. The van der Waals surface area contributed by atoms with Gasteiger partial charge >= 0.3 is 0 Å². The molecule has 0 saturated carbocycles. The molecule has 88 valence electrons. The number of carbonyl (C=O) groups is 1. The van der Waals surface area contributed by atoms with Gasteiger partial charge in [0, 0.05) is 13.7 Å². The number of hydrogen-bond donors (Lipinski definition) is 2. The number of carbonyl (C=O) groups excluding carboxylic acids is 1. The second-order valence-electron chi connectivity index (χ2n) is 3.72. The lowest BCUT2D eigenvalue weighted by Crippen LogP contribution is -2.30. The van der Waals surface area contributed by atoms with Crippen LogP contribution in [0.25, 0.3) is 0 Å². The Morgan fingerprint density at radius 1 is 1.62 bits per heavy atom. The summed E-state index contributed by atoms with van der Waals surface area (Å²) in [6.45, 7) is 3.17. The van der Waals surface area contributed by atoms with Crippen LogP contribution in [-0.2, 0) is 4.74 Å². The van der Waals surface area contributed by atoms with Crippen molar-refractivity contribution in [2.45, 2.75) is 6.92 Å². The SMILES string of the molecule is COCC(C)CNC(=O)c1cccc(N)n1.